The van der Waals surface area contributed by atoms with Crippen LogP contribution in [0.4, 0.5) is 5.69 Å². The van der Waals surface area contributed by atoms with Crippen molar-refractivity contribution in [2.75, 3.05) is 11.9 Å². The van der Waals surface area contributed by atoms with E-state index < -0.39 is 0 Å². The van der Waals surface area contributed by atoms with Crippen LogP contribution >= 0.6 is 0 Å². The minimum atomic E-state index is -0.134. The molecule has 0 radical (unpaired) electrons. The van der Waals surface area contributed by atoms with Crippen molar-refractivity contribution in [2.45, 2.75) is 52.7 Å². The van der Waals surface area contributed by atoms with E-state index in [4.69, 9.17) is 4.42 Å². The second-order valence-corrected chi connectivity index (χ2v) is 8.37. The van der Waals surface area contributed by atoms with E-state index in [9.17, 15) is 4.79 Å². The number of guanidine groups is 1. The van der Waals surface area contributed by atoms with Gasteiger partial charge in [-0.05, 0) is 30.7 Å². The minimum Gasteiger partial charge on any atom is -0.443 e. The summed E-state index contributed by atoms with van der Waals surface area (Å²) < 4.78 is 7.41. The zero-order chi connectivity index (χ0) is 23.0. The first-order valence-electron chi connectivity index (χ1n) is 10.7. The van der Waals surface area contributed by atoms with E-state index in [2.05, 4.69) is 51.8 Å². The molecule has 1 amide bonds. The highest BCUT2D eigenvalue weighted by molar-refractivity contribution is 5.90. The van der Waals surface area contributed by atoms with Crippen molar-refractivity contribution < 1.29 is 9.21 Å². The molecule has 0 saturated carbocycles. The number of aliphatic imine (C=N–C) groups is 1. The van der Waals surface area contributed by atoms with E-state index in [-0.39, 0.29) is 17.9 Å². The Labute approximate surface area is 188 Å². The van der Waals surface area contributed by atoms with E-state index in [1.54, 1.807) is 29.3 Å². The van der Waals surface area contributed by atoms with Crippen molar-refractivity contribution >= 4 is 17.6 Å². The number of nitrogens with zero attached hydrogens (tertiary/aromatic N) is 4. The lowest BCUT2D eigenvalue weighted by molar-refractivity contribution is -0.116. The molecule has 170 valence electrons. The van der Waals surface area contributed by atoms with Crippen LogP contribution in [0.15, 0.2) is 58.3 Å². The summed E-state index contributed by atoms with van der Waals surface area (Å²) in [7, 11) is 0. The van der Waals surface area contributed by atoms with E-state index in [1.165, 1.54) is 0 Å². The van der Waals surface area contributed by atoms with Gasteiger partial charge in [-0.15, -0.1) is 0 Å². The molecule has 0 aliphatic heterocycles. The van der Waals surface area contributed by atoms with Gasteiger partial charge in [0.15, 0.2) is 5.96 Å². The zero-order valence-electron chi connectivity index (χ0n) is 19.1. The fourth-order valence-electron chi connectivity index (χ4n) is 2.90. The van der Waals surface area contributed by atoms with Gasteiger partial charge in [0, 0.05) is 30.0 Å². The summed E-state index contributed by atoms with van der Waals surface area (Å²) in [5, 5.41) is 13.4. The van der Waals surface area contributed by atoms with Crippen LogP contribution in [0.3, 0.4) is 0 Å². The Morgan fingerprint density at radius 3 is 2.75 bits per heavy atom. The molecule has 1 aromatic carbocycles. The molecule has 0 atom stereocenters. The maximum Gasteiger partial charge on any atom is 0.246 e. The summed E-state index contributed by atoms with van der Waals surface area (Å²) in [6.45, 7) is 10.1. The van der Waals surface area contributed by atoms with Crippen LogP contribution in [0.1, 0.15) is 44.9 Å². The third-order valence-electron chi connectivity index (χ3n) is 4.54. The highest BCUT2D eigenvalue weighted by Crippen LogP contribution is 2.22. The van der Waals surface area contributed by atoms with Crippen molar-refractivity contribution in [3.63, 3.8) is 0 Å². The fraction of sp³-hybridized carbons (Fsp3) is 0.391. The number of amides is 1. The lowest BCUT2D eigenvalue weighted by Gasteiger charge is -2.13. The molecule has 0 spiro atoms. The van der Waals surface area contributed by atoms with Gasteiger partial charge in [-0.3, -0.25) is 9.48 Å². The third kappa shape index (κ3) is 6.97. The van der Waals surface area contributed by atoms with Gasteiger partial charge in [-0.25, -0.2) is 9.98 Å². The Morgan fingerprint density at radius 2 is 2.06 bits per heavy atom. The van der Waals surface area contributed by atoms with Gasteiger partial charge in [0.05, 0.1) is 19.3 Å². The predicted octanol–water partition coefficient (Wildman–Crippen LogP) is 3.06. The van der Waals surface area contributed by atoms with Crippen LogP contribution in [-0.4, -0.2) is 33.2 Å². The highest BCUT2D eigenvalue weighted by Gasteiger charge is 2.19. The SMILES string of the molecule is CCNC(=NCc1cccc(NC(=O)Cn2cccn2)c1)NCc1ncc(C(C)(C)C)o1. The summed E-state index contributed by atoms with van der Waals surface area (Å²) in [5.41, 5.74) is 1.62. The Bertz CT molecular complexity index is 1030. The largest absolute Gasteiger partial charge is 0.443 e. The molecule has 0 aliphatic rings. The van der Waals surface area contributed by atoms with Gasteiger partial charge in [-0.2, -0.15) is 5.10 Å². The molecule has 0 saturated heterocycles. The number of benzene rings is 1. The maximum atomic E-state index is 12.2. The van der Waals surface area contributed by atoms with Crippen LogP contribution < -0.4 is 16.0 Å². The summed E-state index contributed by atoms with van der Waals surface area (Å²) in [6, 6.07) is 9.42. The fourth-order valence-corrected chi connectivity index (χ4v) is 2.90. The van der Waals surface area contributed by atoms with Gasteiger partial charge in [0.25, 0.3) is 0 Å². The molecule has 9 nitrogen and oxygen atoms in total. The molecule has 32 heavy (non-hydrogen) atoms. The molecular weight excluding hydrogens is 406 g/mol. The van der Waals surface area contributed by atoms with E-state index >= 15 is 0 Å². The summed E-state index contributed by atoms with van der Waals surface area (Å²) in [5.74, 6) is 1.99. The number of hydrogen-bond donors (Lipinski definition) is 3. The summed E-state index contributed by atoms with van der Waals surface area (Å²) in [4.78, 5) is 21.2. The summed E-state index contributed by atoms with van der Waals surface area (Å²) >= 11 is 0. The highest BCUT2D eigenvalue weighted by atomic mass is 16.4. The number of anilines is 1. The van der Waals surface area contributed by atoms with Crippen molar-refractivity contribution in [2.24, 2.45) is 4.99 Å². The number of nitrogens with one attached hydrogen (secondary N) is 3. The average Bonchev–Trinajstić information content (AvgIpc) is 3.42. The molecule has 2 heterocycles. The van der Waals surface area contributed by atoms with E-state index in [1.807, 2.05) is 31.2 Å². The topological polar surface area (TPSA) is 109 Å². The molecule has 9 heteroatoms. The second-order valence-electron chi connectivity index (χ2n) is 8.37. The normalized spacial score (nSPS) is 11.9. The molecule has 3 N–H and O–H groups in total. The molecule has 2 aromatic heterocycles. The van der Waals surface area contributed by atoms with Crippen LogP contribution in [0, 0.1) is 0 Å². The molecule has 3 aromatic rings. The lowest BCUT2D eigenvalue weighted by atomic mass is 9.94. The number of rotatable bonds is 8. The Kier molecular flexibility index (Phi) is 7.64. The monoisotopic (exact) mass is 437 g/mol. The van der Waals surface area contributed by atoms with Crippen LogP contribution in [0.5, 0.6) is 0 Å². The van der Waals surface area contributed by atoms with Crippen LogP contribution in [0.25, 0.3) is 0 Å². The first kappa shape index (κ1) is 23.1. The van der Waals surface area contributed by atoms with Crippen molar-refractivity contribution in [1.29, 1.82) is 0 Å². The van der Waals surface area contributed by atoms with Crippen LogP contribution in [-0.2, 0) is 29.8 Å². The molecular formula is C23H31N7O2. The first-order chi connectivity index (χ1) is 15.3. The number of carbonyl (C=O) groups is 1. The smallest absolute Gasteiger partial charge is 0.246 e. The number of hydrogen-bond acceptors (Lipinski definition) is 5. The Balaban J connectivity index is 1.57. The van der Waals surface area contributed by atoms with Gasteiger partial charge >= 0.3 is 0 Å². The standard InChI is InChI=1S/C23H31N7O2/c1-5-24-22(27-15-21-25-14-19(32-21)23(2,3)4)26-13-17-8-6-9-18(12-17)29-20(31)16-30-11-7-10-28-30/h6-12,14H,5,13,15-16H2,1-4H3,(H,29,31)(H2,24,26,27). The van der Waals surface area contributed by atoms with Gasteiger partial charge in [0.1, 0.15) is 12.3 Å². The maximum absolute atomic E-state index is 12.2. The van der Waals surface area contributed by atoms with Crippen molar-refractivity contribution in [3.8, 4) is 0 Å². The zero-order valence-corrected chi connectivity index (χ0v) is 19.1. The predicted molar refractivity (Wildman–Crippen MR) is 124 cm³/mol. The lowest BCUT2D eigenvalue weighted by Crippen LogP contribution is -2.36. The molecule has 0 unspecified atom stereocenters. The third-order valence-corrected chi connectivity index (χ3v) is 4.54. The number of aromatic nitrogens is 3. The second kappa shape index (κ2) is 10.6. The van der Waals surface area contributed by atoms with E-state index in [0.717, 1.165) is 23.6 Å². The molecule has 3 rings (SSSR count). The number of carbonyl (C=O) groups excluding carboxylic acids is 1. The van der Waals surface area contributed by atoms with Crippen molar-refractivity contribution in [3.05, 3.63) is 66.1 Å². The molecule has 0 bridgehead atoms. The minimum absolute atomic E-state index is 0.0807. The average molecular weight is 438 g/mol. The quantitative estimate of drug-likeness (QED) is 0.369. The molecule has 0 aliphatic carbocycles. The molecule has 0 fully saturated rings. The van der Waals surface area contributed by atoms with Gasteiger partial charge < -0.3 is 20.4 Å². The van der Waals surface area contributed by atoms with Gasteiger partial charge in [-0.1, -0.05) is 32.9 Å². The Morgan fingerprint density at radius 1 is 1.22 bits per heavy atom. The van der Waals surface area contributed by atoms with Gasteiger partial charge in [0.2, 0.25) is 11.8 Å². The Hall–Kier alpha value is -3.62. The summed E-state index contributed by atoms with van der Waals surface area (Å²) in [6.07, 6.45) is 5.17. The van der Waals surface area contributed by atoms with Crippen molar-refractivity contribution in [1.82, 2.24) is 25.4 Å². The van der Waals surface area contributed by atoms with Crippen LogP contribution in [0.2, 0.25) is 0 Å². The van der Waals surface area contributed by atoms with E-state index in [0.29, 0.717) is 24.9 Å². The first-order valence-corrected chi connectivity index (χ1v) is 10.7. The number of oxazole rings is 1.